The minimum Gasteiger partial charge on any atom is -0.399 e. The number of nitrogen functional groups attached to an aromatic ring is 1. The second-order valence-corrected chi connectivity index (χ2v) is 5.64. The number of nitrogens with two attached hydrogens (primary N) is 1. The lowest BCUT2D eigenvalue weighted by molar-refractivity contribution is 0.679. The molecule has 0 saturated carbocycles. The summed E-state index contributed by atoms with van der Waals surface area (Å²) >= 11 is 5.97. The van der Waals surface area contributed by atoms with Crippen molar-refractivity contribution >= 4 is 33.8 Å². The van der Waals surface area contributed by atoms with Gasteiger partial charge >= 0.3 is 0 Å². The van der Waals surface area contributed by atoms with Crippen molar-refractivity contribution in [2.75, 3.05) is 23.9 Å². The Balaban J connectivity index is 2.62. The molecule has 2 unspecified atom stereocenters. The van der Waals surface area contributed by atoms with Gasteiger partial charge in [0.1, 0.15) is 0 Å². The molecule has 2 atom stereocenters. The molecular weight excluding hydrogens is 232 g/mol. The maximum Gasteiger partial charge on any atom is 0.0657 e. The van der Waals surface area contributed by atoms with Crippen LogP contribution in [0, 0.1) is 0 Å². The lowest BCUT2D eigenvalue weighted by Crippen LogP contribution is -2.20. The Morgan fingerprint density at radius 1 is 1.60 bits per heavy atom. The first-order valence-corrected chi connectivity index (χ1v) is 6.61. The molecule has 0 aliphatic carbocycles. The molecule has 0 spiro atoms. The molecule has 0 amide bonds. The SMILES string of the molecule is CC(CNc1ccc(N)cc1Cl)S(C)=O. The van der Waals surface area contributed by atoms with Crippen LogP contribution < -0.4 is 11.1 Å². The van der Waals surface area contributed by atoms with Crippen molar-refractivity contribution in [3.8, 4) is 0 Å². The number of nitrogens with one attached hydrogen (secondary N) is 1. The van der Waals surface area contributed by atoms with Crippen LogP contribution in [-0.4, -0.2) is 22.3 Å². The summed E-state index contributed by atoms with van der Waals surface area (Å²) in [5.41, 5.74) is 7.03. The van der Waals surface area contributed by atoms with Gasteiger partial charge in [0.15, 0.2) is 0 Å². The second-order valence-electron chi connectivity index (χ2n) is 3.43. The maximum absolute atomic E-state index is 11.1. The van der Waals surface area contributed by atoms with Crippen LogP contribution in [0.1, 0.15) is 6.92 Å². The first-order chi connectivity index (χ1) is 7.00. The van der Waals surface area contributed by atoms with Gasteiger partial charge in [-0.3, -0.25) is 4.21 Å². The Kier molecular flexibility index (Phi) is 4.42. The number of anilines is 2. The first kappa shape index (κ1) is 12.3. The van der Waals surface area contributed by atoms with Crippen LogP contribution in [0.15, 0.2) is 18.2 Å². The molecule has 0 radical (unpaired) electrons. The lowest BCUT2D eigenvalue weighted by Gasteiger charge is -2.12. The zero-order valence-electron chi connectivity index (χ0n) is 8.79. The van der Waals surface area contributed by atoms with E-state index in [0.29, 0.717) is 17.3 Å². The van der Waals surface area contributed by atoms with Crippen molar-refractivity contribution < 1.29 is 4.21 Å². The van der Waals surface area contributed by atoms with Gasteiger partial charge in [0.2, 0.25) is 0 Å². The van der Waals surface area contributed by atoms with Crippen LogP contribution in [0.4, 0.5) is 11.4 Å². The highest BCUT2D eigenvalue weighted by molar-refractivity contribution is 7.84. The molecule has 0 aliphatic heterocycles. The third-order valence-electron chi connectivity index (χ3n) is 2.14. The molecule has 1 aromatic carbocycles. The highest BCUT2D eigenvalue weighted by Crippen LogP contribution is 2.23. The summed E-state index contributed by atoms with van der Waals surface area (Å²) in [6.45, 7) is 2.56. The van der Waals surface area contributed by atoms with E-state index in [4.69, 9.17) is 17.3 Å². The van der Waals surface area contributed by atoms with E-state index < -0.39 is 10.8 Å². The van der Waals surface area contributed by atoms with E-state index in [1.165, 1.54) is 0 Å². The second kappa shape index (κ2) is 5.37. The quantitative estimate of drug-likeness (QED) is 0.800. The smallest absolute Gasteiger partial charge is 0.0657 e. The molecule has 5 heteroatoms. The summed E-state index contributed by atoms with van der Waals surface area (Å²) in [5, 5.41) is 3.82. The van der Waals surface area contributed by atoms with Crippen molar-refractivity contribution in [3.05, 3.63) is 23.2 Å². The average molecular weight is 247 g/mol. The van der Waals surface area contributed by atoms with Gasteiger partial charge in [-0.15, -0.1) is 0 Å². The molecule has 3 N–H and O–H groups in total. The molecule has 0 aromatic heterocycles. The van der Waals surface area contributed by atoms with Gasteiger partial charge in [-0.1, -0.05) is 11.6 Å². The average Bonchev–Trinajstić information content (AvgIpc) is 2.15. The van der Waals surface area contributed by atoms with E-state index in [0.717, 1.165) is 5.69 Å². The molecule has 0 aliphatic rings. The zero-order valence-corrected chi connectivity index (χ0v) is 10.4. The van der Waals surface area contributed by atoms with Gasteiger partial charge in [-0.2, -0.15) is 0 Å². The minimum atomic E-state index is -0.825. The molecule has 0 saturated heterocycles. The number of benzene rings is 1. The van der Waals surface area contributed by atoms with Gasteiger partial charge < -0.3 is 11.1 Å². The third kappa shape index (κ3) is 3.72. The molecule has 1 rings (SSSR count). The molecule has 0 bridgehead atoms. The normalized spacial score (nSPS) is 14.6. The number of hydrogen-bond acceptors (Lipinski definition) is 3. The van der Waals surface area contributed by atoms with Crippen LogP contribution in [-0.2, 0) is 10.8 Å². The Hall–Kier alpha value is -0.740. The minimum absolute atomic E-state index is 0.0959. The van der Waals surface area contributed by atoms with E-state index in [1.807, 2.05) is 13.0 Å². The van der Waals surface area contributed by atoms with Gasteiger partial charge in [0.25, 0.3) is 0 Å². The molecular formula is C10H15ClN2OS. The van der Waals surface area contributed by atoms with Gasteiger partial charge in [-0.05, 0) is 25.1 Å². The fraction of sp³-hybridized carbons (Fsp3) is 0.400. The fourth-order valence-electron chi connectivity index (χ4n) is 1.05. The van der Waals surface area contributed by atoms with E-state index >= 15 is 0 Å². The number of hydrogen-bond donors (Lipinski definition) is 2. The topological polar surface area (TPSA) is 55.1 Å². The van der Waals surface area contributed by atoms with Crippen LogP contribution >= 0.6 is 11.6 Å². The Morgan fingerprint density at radius 3 is 2.80 bits per heavy atom. The highest BCUT2D eigenvalue weighted by Gasteiger charge is 2.06. The Bertz CT molecular complexity index is 370. The monoisotopic (exact) mass is 246 g/mol. The standard InChI is InChI=1S/C10H15ClN2OS/c1-7(15(2)14)6-13-10-4-3-8(12)5-9(10)11/h3-5,7,13H,6,12H2,1-2H3. The van der Waals surface area contributed by atoms with E-state index in [-0.39, 0.29) is 5.25 Å². The van der Waals surface area contributed by atoms with Crippen molar-refractivity contribution in [1.82, 2.24) is 0 Å². The van der Waals surface area contributed by atoms with Crippen molar-refractivity contribution in [2.24, 2.45) is 0 Å². The maximum atomic E-state index is 11.1. The lowest BCUT2D eigenvalue weighted by atomic mass is 10.3. The first-order valence-electron chi connectivity index (χ1n) is 4.62. The Labute approximate surface area is 97.5 Å². The van der Waals surface area contributed by atoms with E-state index in [2.05, 4.69) is 5.32 Å². The van der Waals surface area contributed by atoms with E-state index in [1.54, 1.807) is 18.4 Å². The number of halogens is 1. The molecule has 3 nitrogen and oxygen atoms in total. The van der Waals surface area contributed by atoms with Crippen LogP contribution in [0.2, 0.25) is 5.02 Å². The van der Waals surface area contributed by atoms with Crippen molar-refractivity contribution in [1.29, 1.82) is 0 Å². The van der Waals surface area contributed by atoms with Crippen molar-refractivity contribution in [2.45, 2.75) is 12.2 Å². The number of rotatable bonds is 4. The molecule has 1 aromatic rings. The predicted octanol–water partition coefficient (Wildman–Crippen LogP) is 2.10. The van der Waals surface area contributed by atoms with Crippen LogP contribution in [0.3, 0.4) is 0 Å². The molecule has 0 heterocycles. The van der Waals surface area contributed by atoms with Gasteiger partial charge in [0.05, 0.1) is 10.7 Å². The summed E-state index contributed by atoms with van der Waals surface area (Å²) in [5.74, 6) is 0. The Morgan fingerprint density at radius 2 is 2.27 bits per heavy atom. The largest absolute Gasteiger partial charge is 0.399 e. The highest BCUT2D eigenvalue weighted by atomic mass is 35.5. The summed E-state index contributed by atoms with van der Waals surface area (Å²) in [4.78, 5) is 0. The summed E-state index contributed by atoms with van der Waals surface area (Å²) in [6.07, 6.45) is 1.69. The third-order valence-corrected chi connectivity index (χ3v) is 3.75. The van der Waals surface area contributed by atoms with Gasteiger partial charge in [-0.25, -0.2) is 0 Å². The van der Waals surface area contributed by atoms with Crippen molar-refractivity contribution in [3.63, 3.8) is 0 Å². The zero-order chi connectivity index (χ0) is 11.4. The van der Waals surface area contributed by atoms with E-state index in [9.17, 15) is 4.21 Å². The predicted molar refractivity (Wildman–Crippen MR) is 67.9 cm³/mol. The molecule has 15 heavy (non-hydrogen) atoms. The van der Waals surface area contributed by atoms with Crippen LogP contribution in [0.25, 0.3) is 0 Å². The van der Waals surface area contributed by atoms with Crippen LogP contribution in [0.5, 0.6) is 0 Å². The van der Waals surface area contributed by atoms with Gasteiger partial charge in [0, 0.05) is 34.5 Å². The molecule has 0 fully saturated rings. The summed E-state index contributed by atoms with van der Waals surface area (Å²) in [7, 11) is -0.825. The summed E-state index contributed by atoms with van der Waals surface area (Å²) in [6, 6.07) is 5.29. The summed E-state index contributed by atoms with van der Waals surface area (Å²) < 4.78 is 11.1. The molecule has 84 valence electrons. The fourth-order valence-corrected chi connectivity index (χ4v) is 1.62.